The van der Waals surface area contributed by atoms with Gasteiger partial charge >= 0.3 is 0 Å². The number of carbonyl (C=O) groups is 1. The molecule has 0 aliphatic heterocycles. The van der Waals surface area contributed by atoms with Gasteiger partial charge in [0.25, 0.3) is 11.6 Å². The van der Waals surface area contributed by atoms with E-state index in [9.17, 15) is 14.9 Å². The minimum atomic E-state index is -0.526. The topological polar surface area (TPSA) is 106 Å². The molecular weight excluding hydrogens is 372 g/mol. The molecule has 0 saturated carbocycles. The summed E-state index contributed by atoms with van der Waals surface area (Å²) in [6, 6.07) is 12.4. The molecule has 1 amide bonds. The van der Waals surface area contributed by atoms with E-state index in [4.69, 9.17) is 21.1 Å². The Bertz CT molecular complexity index is 1030. The quantitative estimate of drug-likeness (QED) is 0.493. The summed E-state index contributed by atoms with van der Waals surface area (Å²) in [5.74, 6) is 0.357. The molecule has 3 aromatic rings. The summed E-state index contributed by atoms with van der Waals surface area (Å²) in [6.07, 6.45) is 0. The molecule has 0 fully saturated rings. The summed E-state index contributed by atoms with van der Waals surface area (Å²) in [4.78, 5) is 23.0. The molecule has 8 heteroatoms. The van der Waals surface area contributed by atoms with E-state index >= 15 is 0 Å². The number of rotatable bonds is 5. The number of amides is 1. The summed E-state index contributed by atoms with van der Waals surface area (Å²) in [5.41, 5.74) is 1.52. The summed E-state index contributed by atoms with van der Waals surface area (Å²) in [6.45, 7) is 1.37. The van der Waals surface area contributed by atoms with E-state index in [1.54, 1.807) is 37.3 Å². The Morgan fingerprint density at radius 3 is 2.67 bits per heavy atom. The molecule has 1 aromatic heterocycles. The van der Waals surface area contributed by atoms with Gasteiger partial charge in [-0.05, 0) is 43.3 Å². The van der Waals surface area contributed by atoms with Crippen molar-refractivity contribution in [2.75, 3.05) is 5.32 Å². The van der Waals surface area contributed by atoms with Crippen molar-refractivity contribution in [2.24, 2.45) is 0 Å². The van der Waals surface area contributed by atoms with Crippen molar-refractivity contribution in [3.05, 3.63) is 80.6 Å². The van der Waals surface area contributed by atoms with Crippen molar-refractivity contribution in [2.45, 2.75) is 13.5 Å². The Labute approximate surface area is 159 Å². The van der Waals surface area contributed by atoms with Crippen molar-refractivity contribution in [3.8, 4) is 11.3 Å². The second kappa shape index (κ2) is 7.61. The lowest BCUT2D eigenvalue weighted by Crippen LogP contribution is -2.12. The van der Waals surface area contributed by atoms with E-state index in [0.717, 1.165) is 0 Å². The maximum atomic E-state index is 12.5. The predicted octanol–water partition coefficient (Wildman–Crippen LogP) is 4.56. The lowest BCUT2D eigenvalue weighted by atomic mass is 10.1. The number of furan rings is 1. The van der Waals surface area contributed by atoms with Crippen LogP contribution in [0.15, 0.2) is 52.9 Å². The van der Waals surface area contributed by atoms with Crippen LogP contribution in [0.2, 0.25) is 5.02 Å². The van der Waals surface area contributed by atoms with E-state index in [1.165, 1.54) is 18.2 Å². The van der Waals surface area contributed by atoms with Crippen molar-refractivity contribution in [3.63, 3.8) is 0 Å². The predicted molar refractivity (Wildman–Crippen MR) is 101 cm³/mol. The number of carbonyl (C=O) groups excluding carboxylic acids is 1. The maximum absolute atomic E-state index is 12.5. The van der Waals surface area contributed by atoms with Gasteiger partial charge in [-0.3, -0.25) is 14.9 Å². The van der Waals surface area contributed by atoms with Crippen LogP contribution in [0.3, 0.4) is 0 Å². The van der Waals surface area contributed by atoms with Crippen LogP contribution in [0, 0.1) is 17.0 Å². The van der Waals surface area contributed by atoms with E-state index in [2.05, 4.69) is 5.32 Å². The number of aliphatic hydroxyl groups excluding tert-OH is 1. The first-order valence-corrected chi connectivity index (χ1v) is 8.32. The van der Waals surface area contributed by atoms with Gasteiger partial charge in [0.05, 0.1) is 9.95 Å². The first-order chi connectivity index (χ1) is 12.9. The first kappa shape index (κ1) is 18.6. The second-order valence-corrected chi connectivity index (χ2v) is 6.24. The molecule has 0 aliphatic carbocycles. The van der Waals surface area contributed by atoms with Gasteiger partial charge < -0.3 is 14.8 Å². The Kier molecular flexibility index (Phi) is 5.25. The Hall–Kier alpha value is -3.16. The van der Waals surface area contributed by atoms with Crippen LogP contribution < -0.4 is 5.32 Å². The minimum Gasteiger partial charge on any atom is -0.459 e. The molecule has 2 aromatic carbocycles. The van der Waals surface area contributed by atoms with Crippen LogP contribution in [0.4, 0.5) is 11.4 Å². The zero-order valence-electron chi connectivity index (χ0n) is 14.2. The standard InChI is InChI=1S/C19H15ClN2O5/c1-11-2-3-12(8-17(11)22(25)26)19(24)21-13-4-6-16(20)15(9-13)18-7-5-14(10-23)27-18/h2-9,23H,10H2,1H3,(H,21,24). The zero-order valence-corrected chi connectivity index (χ0v) is 15.0. The van der Waals surface area contributed by atoms with Gasteiger partial charge in [0.15, 0.2) is 0 Å². The molecule has 0 saturated heterocycles. The number of halogens is 1. The first-order valence-electron chi connectivity index (χ1n) is 7.95. The highest BCUT2D eigenvalue weighted by molar-refractivity contribution is 6.33. The molecule has 0 radical (unpaired) electrons. The highest BCUT2D eigenvalue weighted by atomic mass is 35.5. The second-order valence-electron chi connectivity index (χ2n) is 5.83. The molecule has 2 N–H and O–H groups in total. The normalized spacial score (nSPS) is 10.6. The van der Waals surface area contributed by atoms with Crippen LogP contribution in [0.5, 0.6) is 0 Å². The van der Waals surface area contributed by atoms with Crippen molar-refractivity contribution in [1.82, 2.24) is 0 Å². The largest absolute Gasteiger partial charge is 0.459 e. The van der Waals surface area contributed by atoms with Crippen molar-refractivity contribution < 1.29 is 19.2 Å². The summed E-state index contributed by atoms with van der Waals surface area (Å²) >= 11 is 6.20. The third kappa shape index (κ3) is 3.99. The fraction of sp³-hybridized carbons (Fsp3) is 0.105. The molecule has 0 atom stereocenters. The SMILES string of the molecule is Cc1ccc(C(=O)Nc2ccc(Cl)c(-c3ccc(CO)o3)c2)cc1[N+](=O)[O-]. The molecule has 7 nitrogen and oxygen atoms in total. The van der Waals surface area contributed by atoms with Crippen molar-refractivity contribution >= 4 is 28.9 Å². The number of hydrogen-bond donors (Lipinski definition) is 2. The summed E-state index contributed by atoms with van der Waals surface area (Å²) in [5, 5.41) is 23.3. The average Bonchev–Trinajstić information content (AvgIpc) is 3.12. The van der Waals surface area contributed by atoms with E-state index in [1.807, 2.05) is 0 Å². The fourth-order valence-corrected chi connectivity index (χ4v) is 2.76. The molecule has 0 bridgehead atoms. The molecule has 0 spiro atoms. The van der Waals surface area contributed by atoms with E-state index in [-0.39, 0.29) is 17.9 Å². The maximum Gasteiger partial charge on any atom is 0.273 e. The number of aliphatic hydroxyl groups is 1. The smallest absolute Gasteiger partial charge is 0.273 e. The number of nitrogens with one attached hydrogen (secondary N) is 1. The van der Waals surface area contributed by atoms with Gasteiger partial charge in [-0.25, -0.2) is 0 Å². The van der Waals surface area contributed by atoms with E-state index in [0.29, 0.717) is 33.4 Å². The Morgan fingerprint density at radius 1 is 1.22 bits per heavy atom. The number of nitro groups is 1. The monoisotopic (exact) mass is 386 g/mol. The van der Waals surface area contributed by atoms with Crippen LogP contribution in [0.1, 0.15) is 21.7 Å². The van der Waals surface area contributed by atoms with Gasteiger partial charge in [0, 0.05) is 28.4 Å². The number of anilines is 1. The highest BCUT2D eigenvalue weighted by Gasteiger charge is 2.16. The molecule has 27 heavy (non-hydrogen) atoms. The van der Waals surface area contributed by atoms with Gasteiger partial charge in [0.1, 0.15) is 18.1 Å². The molecular formula is C19H15ClN2O5. The van der Waals surface area contributed by atoms with Crippen molar-refractivity contribution in [1.29, 1.82) is 0 Å². The summed E-state index contributed by atoms with van der Waals surface area (Å²) < 4.78 is 5.48. The van der Waals surface area contributed by atoms with Gasteiger partial charge in [-0.15, -0.1) is 0 Å². The van der Waals surface area contributed by atoms with Crippen LogP contribution in [0.25, 0.3) is 11.3 Å². The number of benzene rings is 2. The molecule has 3 rings (SSSR count). The Morgan fingerprint density at radius 2 is 2.00 bits per heavy atom. The number of nitro benzene ring substituents is 1. The molecule has 138 valence electrons. The molecule has 0 aliphatic rings. The zero-order chi connectivity index (χ0) is 19.6. The lowest BCUT2D eigenvalue weighted by Gasteiger charge is -2.09. The van der Waals surface area contributed by atoms with E-state index < -0.39 is 10.8 Å². The molecule has 1 heterocycles. The molecule has 0 unspecified atom stereocenters. The number of nitrogens with zero attached hydrogens (tertiary/aromatic N) is 1. The fourth-order valence-electron chi connectivity index (χ4n) is 2.55. The van der Waals surface area contributed by atoms with Crippen LogP contribution in [-0.2, 0) is 6.61 Å². The van der Waals surface area contributed by atoms with Gasteiger partial charge in [0.2, 0.25) is 0 Å². The van der Waals surface area contributed by atoms with Crippen LogP contribution in [-0.4, -0.2) is 15.9 Å². The highest BCUT2D eigenvalue weighted by Crippen LogP contribution is 2.32. The third-order valence-electron chi connectivity index (χ3n) is 3.98. The summed E-state index contributed by atoms with van der Waals surface area (Å²) in [7, 11) is 0. The van der Waals surface area contributed by atoms with Crippen LogP contribution >= 0.6 is 11.6 Å². The number of aryl methyl sites for hydroxylation is 1. The lowest BCUT2D eigenvalue weighted by molar-refractivity contribution is -0.385. The minimum absolute atomic E-state index is 0.119. The Balaban J connectivity index is 1.88. The van der Waals surface area contributed by atoms with Gasteiger partial charge in [-0.2, -0.15) is 0 Å². The average molecular weight is 387 g/mol. The van der Waals surface area contributed by atoms with Gasteiger partial charge in [-0.1, -0.05) is 17.7 Å². The third-order valence-corrected chi connectivity index (χ3v) is 4.30. The number of hydrogen-bond acceptors (Lipinski definition) is 5.